The standard InChI is InChI=1S/C19H29N3O4/c1-5-25-17(23)12-16-14-22(18(24)26-19(2,3)4)11-10-21(16)13-15-6-8-20-9-7-15/h6-9,16H,5,10-14H2,1-4H3. The highest BCUT2D eigenvalue weighted by Gasteiger charge is 2.33. The molecule has 7 nitrogen and oxygen atoms in total. The van der Waals surface area contributed by atoms with Crippen LogP contribution >= 0.6 is 0 Å². The van der Waals surface area contributed by atoms with Crippen molar-refractivity contribution in [3.05, 3.63) is 30.1 Å². The fraction of sp³-hybridized carbons (Fsp3) is 0.632. The Morgan fingerprint density at radius 3 is 2.54 bits per heavy atom. The molecule has 0 aliphatic carbocycles. The minimum Gasteiger partial charge on any atom is -0.466 e. The second kappa shape index (κ2) is 8.98. The van der Waals surface area contributed by atoms with E-state index in [0.29, 0.717) is 32.8 Å². The van der Waals surface area contributed by atoms with Gasteiger partial charge in [0.1, 0.15) is 5.60 Å². The Hall–Kier alpha value is -2.15. The van der Waals surface area contributed by atoms with E-state index in [-0.39, 0.29) is 24.5 Å². The molecule has 0 spiro atoms. The summed E-state index contributed by atoms with van der Waals surface area (Å²) >= 11 is 0. The van der Waals surface area contributed by atoms with Crippen LogP contribution in [0.4, 0.5) is 4.79 Å². The number of nitrogens with zero attached hydrogens (tertiary/aromatic N) is 3. The van der Waals surface area contributed by atoms with Crippen LogP contribution in [0.2, 0.25) is 0 Å². The zero-order valence-corrected chi connectivity index (χ0v) is 16.1. The van der Waals surface area contributed by atoms with Crippen molar-refractivity contribution >= 4 is 12.1 Å². The quantitative estimate of drug-likeness (QED) is 0.749. The number of amides is 1. The molecule has 7 heteroatoms. The largest absolute Gasteiger partial charge is 0.466 e. The summed E-state index contributed by atoms with van der Waals surface area (Å²) in [4.78, 5) is 32.3. The number of aromatic nitrogens is 1. The van der Waals surface area contributed by atoms with Crippen LogP contribution in [0.15, 0.2) is 24.5 Å². The predicted octanol–water partition coefficient (Wildman–Crippen LogP) is 2.46. The highest BCUT2D eigenvalue weighted by molar-refractivity contribution is 5.71. The van der Waals surface area contributed by atoms with Gasteiger partial charge in [-0.25, -0.2) is 4.79 Å². The molecular weight excluding hydrogens is 334 g/mol. The molecule has 1 saturated heterocycles. The van der Waals surface area contributed by atoms with Crippen LogP contribution in [0.1, 0.15) is 39.7 Å². The Balaban J connectivity index is 2.06. The normalized spacial score (nSPS) is 18.5. The highest BCUT2D eigenvalue weighted by atomic mass is 16.6. The van der Waals surface area contributed by atoms with Crippen molar-refractivity contribution < 1.29 is 19.1 Å². The van der Waals surface area contributed by atoms with Crippen LogP contribution in [-0.2, 0) is 20.8 Å². The molecule has 1 amide bonds. The van der Waals surface area contributed by atoms with E-state index in [4.69, 9.17) is 9.47 Å². The predicted molar refractivity (Wildman–Crippen MR) is 97.5 cm³/mol. The van der Waals surface area contributed by atoms with Gasteiger partial charge in [0.15, 0.2) is 0 Å². The molecule has 0 saturated carbocycles. The summed E-state index contributed by atoms with van der Waals surface area (Å²) in [5, 5.41) is 0. The minimum atomic E-state index is -0.540. The summed E-state index contributed by atoms with van der Waals surface area (Å²) in [6.45, 7) is 10.1. The van der Waals surface area contributed by atoms with E-state index < -0.39 is 5.60 Å². The lowest BCUT2D eigenvalue weighted by Gasteiger charge is -2.41. The number of hydrogen-bond donors (Lipinski definition) is 0. The molecule has 1 aliphatic heterocycles. The van der Waals surface area contributed by atoms with Crippen molar-refractivity contribution in [2.45, 2.75) is 52.3 Å². The number of hydrogen-bond acceptors (Lipinski definition) is 6. The van der Waals surface area contributed by atoms with Gasteiger partial charge in [0.25, 0.3) is 0 Å². The van der Waals surface area contributed by atoms with E-state index in [9.17, 15) is 9.59 Å². The van der Waals surface area contributed by atoms with Gasteiger partial charge < -0.3 is 14.4 Å². The van der Waals surface area contributed by atoms with Gasteiger partial charge in [0, 0.05) is 44.6 Å². The number of carbonyl (C=O) groups is 2. The molecule has 0 aromatic carbocycles. The van der Waals surface area contributed by atoms with Crippen molar-refractivity contribution in [2.24, 2.45) is 0 Å². The molecule has 0 N–H and O–H groups in total. The van der Waals surface area contributed by atoms with Gasteiger partial charge in [-0.1, -0.05) is 0 Å². The second-order valence-electron chi connectivity index (χ2n) is 7.42. The van der Waals surface area contributed by atoms with E-state index in [1.54, 1.807) is 24.2 Å². The summed E-state index contributed by atoms with van der Waals surface area (Å²) in [7, 11) is 0. The monoisotopic (exact) mass is 363 g/mol. The van der Waals surface area contributed by atoms with E-state index in [2.05, 4.69) is 9.88 Å². The first-order valence-electron chi connectivity index (χ1n) is 9.05. The Morgan fingerprint density at radius 2 is 1.92 bits per heavy atom. The average molecular weight is 363 g/mol. The van der Waals surface area contributed by atoms with Crippen molar-refractivity contribution in [2.75, 3.05) is 26.2 Å². The topological polar surface area (TPSA) is 72.0 Å². The Kier molecular flexibility index (Phi) is 6.97. The second-order valence-corrected chi connectivity index (χ2v) is 7.42. The first-order valence-corrected chi connectivity index (χ1v) is 9.05. The molecule has 1 aromatic rings. The number of carbonyl (C=O) groups excluding carboxylic acids is 2. The third-order valence-electron chi connectivity index (χ3n) is 4.10. The molecule has 2 heterocycles. The SMILES string of the molecule is CCOC(=O)CC1CN(C(=O)OC(C)(C)C)CCN1Cc1ccncc1. The van der Waals surface area contributed by atoms with Crippen LogP contribution in [0.3, 0.4) is 0 Å². The summed E-state index contributed by atoms with van der Waals surface area (Å²) in [5.41, 5.74) is 0.585. The summed E-state index contributed by atoms with van der Waals surface area (Å²) in [6, 6.07) is 3.81. The van der Waals surface area contributed by atoms with Crippen LogP contribution in [0.25, 0.3) is 0 Å². The summed E-state index contributed by atoms with van der Waals surface area (Å²) in [5.74, 6) is -0.247. The van der Waals surface area contributed by atoms with Gasteiger partial charge in [-0.3, -0.25) is 14.7 Å². The maximum Gasteiger partial charge on any atom is 0.410 e. The van der Waals surface area contributed by atoms with Gasteiger partial charge in [-0.15, -0.1) is 0 Å². The molecule has 1 unspecified atom stereocenters. The zero-order valence-electron chi connectivity index (χ0n) is 16.1. The van der Waals surface area contributed by atoms with E-state index in [1.165, 1.54) is 0 Å². The van der Waals surface area contributed by atoms with Crippen LogP contribution in [-0.4, -0.2) is 64.7 Å². The Labute approximate surface area is 155 Å². The molecule has 0 radical (unpaired) electrons. The number of piperazine rings is 1. The fourth-order valence-corrected chi connectivity index (χ4v) is 2.92. The highest BCUT2D eigenvalue weighted by Crippen LogP contribution is 2.19. The van der Waals surface area contributed by atoms with Gasteiger partial charge in [0.2, 0.25) is 0 Å². The first-order chi connectivity index (χ1) is 12.3. The van der Waals surface area contributed by atoms with Crippen molar-refractivity contribution in [1.29, 1.82) is 0 Å². The lowest BCUT2D eigenvalue weighted by Crippen LogP contribution is -2.55. The third-order valence-corrected chi connectivity index (χ3v) is 4.10. The van der Waals surface area contributed by atoms with Gasteiger partial charge >= 0.3 is 12.1 Å². The molecular formula is C19H29N3O4. The lowest BCUT2D eigenvalue weighted by atomic mass is 10.1. The fourth-order valence-electron chi connectivity index (χ4n) is 2.92. The molecule has 1 fully saturated rings. The van der Waals surface area contributed by atoms with Gasteiger partial charge in [-0.05, 0) is 45.4 Å². The van der Waals surface area contributed by atoms with Crippen LogP contribution in [0, 0.1) is 0 Å². The number of ether oxygens (including phenoxy) is 2. The minimum absolute atomic E-state index is 0.108. The maximum atomic E-state index is 12.4. The smallest absolute Gasteiger partial charge is 0.410 e. The first kappa shape index (κ1) is 20.2. The number of esters is 1. The average Bonchev–Trinajstić information content (AvgIpc) is 2.56. The Bertz CT molecular complexity index is 601. The summed E-state index contributed by atoms with van der Waals surface area (Å²) < 4.78 is 10.6. The molecule has 0 bridgehead atoms. The maximum absolute atomic E-state index is 12.4. The lowest BCUT2D eigenvalue weighted by molar-refractivity contribution is -0.145. The molecule has 2 rings (SSSR count). The van der Waals surface area contributed by atoms with Gasteiger partial charge in [-0.2, -0.15) is 0 Å². The molecule has 144 valence electrons. The Morgan fingerprint density at radius 1 is 1.23 bits per heavy atom. The van der Waals surface area contributed by atoms with E-state index in [1.807, 2.05) is 32.9 Å². The summed E-state index contributed by atoms with van der Waals surface area (Å²) in [6.07, 6.45) is 3.42. The van der Waals surface area contributed by atoms with Crippen molar-refractivity contribution in [1.82, 2.24) is 14.8 Å². The van der Waals surface area contributed by atoms with Crippen LogP contribution in [0.5, 0.6) is 0 Å². The number of rotatable bonds is 5. The zero-order chi connectivity index (χ0) is 19.2. The molecule has 1 aliphatic rings. The van der Waals surface area contributed by atoms with E-state index in [0.717, 1.165) is 5.56 Å². The number of pyridine rings is 1. The van der Waals surface area contributed by atoms with Crippen molar-refractivity contribution in [3.8, 4) is 0 Å². The van der Waals surface area contributed by atoms with Crippen LogP contribution < -0.4 is 0 Å². The van der Waals surface area contributed by atoms with Crippen molar-refractivity contribution in [3.63, 3.8) is 0 Å². The van der Waals surface area contributed by atoms with Gasteiger partial charge in [0.05, 0.1) is 13.0 Å². The van der Waals surface area contributed by atoms with E-state index >= 15 is 0 Å². The molecule has 26 heavy (non-hydrogen) atoms. The third kappa shape index (κ3) is 6.29. The molecule has 1 aromatic heterocycles. The molecule has 1 atom stereocenters.